The summed E-state index contributed by atoms with van der Waals surface area (Å²) in [6.07, 6.45) is -1.67. The van der Waals surface area contributed by atoms with Gasteiger partial charge in [0.25, 0.3) is 0 Å². The van der Waals surface area contributed by atoms with E-state index in [-0.39, 0.29) is 32.0 Å². The van der Waals surface area contributed by atoms with Crippen molar-refractivity contribution in [2.24, 2.45) is 0 Å². The number of benzene rings is 1. The fourth-order valence-electron chi connectivity index (χ4n) is 2.10. The molecule has 8 heteroatoms. The van der Waals surface area contributed by atoms with Gasteiger partial charge in [0.05, 0.1) is 13.2 Å². The van der Waals surface area contributed by atoms with E-state index in [1.807, 2.05) is 18.2 Å². The Kier molecular flexibility index (Phi) is 9.57. The van der Waals surface area contributed by atoms with E-state index in [2.05, 4.69) is 10.1 Å². The first kappa shape index (κ1) is 22.1. The van der Waals surface area contributed by atoms with Crippen molar-refractivity contribution in [2.45, 2.75) is 51.9 Å². The fraction of sp³-hybridized carbons (Fsp3) is 0.474. The Labute approximate surface area is 158 Å². The smallest absolute Gasteiger partial charge is 0.408 e. The molecule has 0 aromatic heterocycles. The zero-order valence-corrected chi connectivity index (χ0v) is 15.7. The van der Waals surface area contributed by atoms with Gasteiger partial charge in [-0.1, -0.05) is 30.3 Å². The second-order valence-corrected chi connectivity index (χ2v) is 6.07. The van der Waals surface area contributed by atoms with Crippen LogP contribution in [0.5, 0.6) is 0 Å². The predicted molar refractivity (Wildman–Crippen MR) is 95.7 cm³/mol. The third kappa shape index (κ3) is 9.39. The van der Waals surface area contributed by atoms with Crippen LogP contribution in [-0.4, -0.2) is 43.1 Å². The number of Topliss-reactive ketones (excluding diaryl/α,β-unsaturated/α-hetero) is 1. The van der Waals surface area contributed by atoms with Gasteiger partial charge >= 0.3 is 18.0 Å². The SMILES string of the molecule is COC(=O)CC(=O)CC[C@H](NC(=O)OCc1ccccc1)C(=O)OC(C)C. The minimum absolute atomic E-state index is 0.0121. The van der Waals surface area contributed by atoms with Gasteiger partial charge < -0.3 is 19.5 Å². The number of carbonyl (C=O) groups excluding carboxylic acids is 4. The predicted octanol–water partition coefficient (Wildman–Crippen LogP) is 2.15. The summed E-state index contributed by atoms with van der Waals surface area (Å²) in [6, 6.07) is 8.00. The number of nitrogens with one attached hydrogen (secondary N) is 1. The molecule has 0 aliphatic carbocycles. The maximum absolute atomic E-state index is 12.2. The Balaban J connectivity index is 2.59. The van der Waals surface area contributed by atoms with Gasteiger partial charge in [0.15, 0.2) is 0 Å². The number of hydrogen-bond donors (Lipinski definition) is 1. The van der Waals surface area contributed by atoms with E-state index in [1.165, 1.54) is 7.11 Å². The van der Waals surface area contributed by atoms with Crippen molar-refractivity contribution in [3.63, 3.8) is 0 Å². The lowest BCUT2D eigenvalue weighted by molar-refractivity contribution is -0.150. The second kappa shape index (κ2) is 11.7. The molecule has 0 aliphatic rings. The molecule has 1 rings (SSSR count). The van der Waals surface area contributed by atoms with Gasteiger partial charge in [-0.15, -0.1) is 0 Å². The van der Waals surface area contributed by atoms with Crippen molar-refractivity contribution in [2.75, 3.05) is 7.11 Å². The molecular weight excluding hydrogens is 354 g/mol. The van der Waals surface area contributed by atoms with Crippen LogP contribution in [-0.2, 0) is 35.2 Å². The van der Waals surface area contributed by atoms with Crippen molar-refractivity contribution >= 4 is 23.8 Å². The maximum atomic E-state index is 12.2. The van der Waals surface area contributed by atoms with Crippen molar-refractivity contribution in [3.05, 3.63) is 35.9 Å². The summed E-state index contributed by atoms with van der Waals surface area (Å²) in [6.45, 7) is 3.38. The molecule has 0 spiro atoms. The first-order valence-corrected chi connectivity index (χ1v) is 8.58. The Morgan fingerprint density at radius 2 is 1.74 bits per heavy atom. The van der Waals surface area contributed by atoms with Gasteiger partial charge in [-0.05, 0) is 25.8 Å². The third-order valence-corrected chi connectivity index (χ3v) is 3.42. The molecule has 0 heterocycles. The van der Waals surface area contributed by atoms with Crippen LogP contribution in [0.25, 0.3) is 0 Å². The summed E-state index contributed by atoms with van der Waals surface area (Å²) in [5.41, 5.74) is 0.794. The minimum Gasteiger partial charge on any atom is -0.469 e. The Morgan fingerprint density at radius 3 is 2.33 bits per heavy atom. The highest BCUT2D eigenvalue weighted by molar-refractivity contribution is 5.95. The van der Waals surface area contributed by atoms with Gasteiger partial charge in [0.2, 0.25) is 0 Å². The zero-order valence-electron chi connectivity index (χ0n) is 15.7. The van der Waals surface area contributed by atoms with Crippen LogP contribution < -0.4 is 5.32 Å². The molecule has 0 radical (unpaired) electrons. The number of amides is 1. The molecular formula is C19H25NO7. The van der Waals surface area contributed by atoms with E-state index in [0.29, 0.717) is 0 Å². The van der Waals surface area contributed by atoms with E-state index in [0.717, 1.165) is 5.56 Å². The molecule has 1 aromatic carbocycles. The number of esters is 2. The zero-order chi connectivity index (χ0) is 20.2. The largest absolute Gasteiger partial charge is 0.469 e. The van der Waals surface area contributed by atoms with Crippen LogP contribution in [0.2, 0.25) is 0 Å². The summed E-state index contributed by atoms with van der Waals surface area (Å²) < 4.78 is 14.6. The monoisotopic (exact) mass is 379 g/mol. The number of ketones is 1. The summed E-state index contributed by atoms with van der Waals surface area (Å²) in [5.74, 6) is -1.73. The molecule has 0 fully saturated rings. The lowest BCUT2D eigenvalue weighted by Crippen LogP contribution is -2.43. The van der Waals surface area contributed by atoms with Crippen LogP contribution in [0.3, 0.4) is 0 Å². The van der Waals surface area contributed by atoms with E-state index in [9.17, 15) is 19.2 Å². The average Bonchev–Trinajstić information content (AvgIpc) is 2.63. The molecule has 0 saturated carbocycles. The highest BCUT2D eigenvalue weighted by Gasteiger charge is 2.25. The molecule has 1 amide bonds. The summed E-state index contributed by atoms with van der Waals surface area (Å²) >= 11 is 0. The molecule has 0 unspecified atom stereocenters. The van der Waals surface area contributed by atoms with Crippen molar-refractivity contribution in [1.82, 2.24) is 5.32 Å². The molecule has 27 heavy (non-hydrogen) atoms. The average molecular weight is 379 g/mol. The third-order valence-electron chi connectivity index (χ3n) is 3.42. The summed E-state index contributed by atoms with van der Waals surface area (Å²) in [7, 11) is 1.18. The van der Waals surface area contributed by atoms with Gasteiger partial charge in [0.1, 0.15) is 24.9 Å². The van der Waals surface area contributed by atoms with Crippen molar-refractivity contribution in [1.29, 1.82) is 0 Å². The first-order valence-electron chi connectivity index (χ1n) is 8.58. The van der Waals surface area contributed by atoms with E-state index >= 15 is 0 Å². The highest BCUT2D eigenvalue weighted by Crippen LogP contribution is 2.07. The van der Waals surface area contributed by atoms with E-state index in [1.54, 1.807) is 26.0 Å². The number of rotatable bonds is 10. The number of methoxy groups -OCH3 is 1. The maximum Gasteiger partial charge on any atom is 0.408 e. The molecule has 0 aliphatic heterocycles. The lowest BCUT2D eigenvalue weighted by atomic mass is 10.1. The topological polar surface area (TPSA) is 108 Å². The molecule has 8 nitrogen and oxygen atoms in total. The van der Waals surface area contributed by atoms with E-state index < -0.39 is 29.9 Å². The Morgan fingerprint density at radius 1 is 1.07 bits per heavy atom. The summed E-state index contributed by atoms with van der Waals surface area (Å²) in [5, 5.41) is 2.41. The number of ether oxygens (including phenoxy) is 3. The number of carbonyl (C=O) groups is 4. The molecule has 1 N–H and O–H groups in total. The summed E-state index contributed by atoms with van der Waals surface area (Å²) in [4.78, 5) is 47.0. The Bertz CT molecular complexity index is 643. The quantitative estimate of drug-likeness (QED) is 0.377. The van der Waals surface area contributed by atoms with Crippen LogP contribution >= 0.6 is 0 Å². The molecule has 1 atom stereocenters. The minimum atomic E-state index is -1.06. The Hall–Kier alpha value is -2.90. The highest BCUT2D eigenvalue weighted by atomic mass is 16.6. The van der Waals surface area contributed by atoms with Crippen molar-refractivity contribution in [3.8, 4) is 0 Å². The fourth-order valence-corrected chi connectivity index (χ4v) is 2.10. The molecule has 0 bridgehead atoms. The number of alkyl carbamates (subject to hydrolysis) is 1. The lowest BCUT2D eigenvalue weighted by Gasteiger charge is -2.18. The normalized spacial score (nSPS) is 11.4. The number of hydrogen-bond acceptors (Lipinski definition) is 7. The van der Waals surface area contributed by atoms with Crippen LogP contribution in [0, 0.1) is 0 Å². The second-order valence-electron chi connectivity index (χ2n) is 6.07. The van der Waals surface area contributed by atoms with Gasteiger partial charge in [-0.2, -0.15) is 0 Å². The molecule has 0 saturated heterocycles. The van der Waals surface area contributed by atoms with Gasteiger partial charge in [-0.3, -0.25) is 9.59 Å². The van der Waals surface area contributed by atoms with Crippen LogP contribution in [0.15, 0.2) is 30.3 Å². The van der Waals surface area contributed by atoms with Crippen LogP contribution in [0.1, 0.15) is 38.7 Å². The van der Waals surface area contributed by atoms with E-state index in [4.69, 9.17) is 9.47 Å². The molecule has 148 valence electrons. The van der Waals surface area contributed by atoms with Gasteiger partial charge in [-0.25, -0.2) is 9.59 Å². The standard InChI is InChI=1S/C19H25NO7/c1-13(2)27-18(23)16(10-9-15(21)11-17(22)25-3)20-19(24)26-12-14-7-5-4-6-8-14/h4-8,13,16H,9-12H2,1-3H3,(H,20,24)/t16-/m0/s1. The van der Waals surface area contributed by atoms with Crippen molar-refractivity contribution < 1.29 is 33.4 Å². The van der Waals surface area contributed by atoms with Gasteiger partial charge in [0, 0.05) is 6.42 Å². The first-order chi connectivity index (χ1) is 12.8. The molecule has 1 aromatic rings. The van der Waals surface area contributed by atoms with Crippen LogP contribution in [0.4, 0.5) is 4.79 Å².